The van der Waals surface area contributed by atoms with E-state index in [1.54, 1.807) is 0 Å². The van der Waals surface area contributed by atoms with Gasteiger partial charge in [-0.1, -0.05) is 0 Å². The lowest BCUT2D eigenvalue weighted by molar-refractivity contribution is 0.0950. The third-order valence-corrected chi connectivity index (χ3v) is 2.31. The maximum Gasteiger partial charge on any atom is 0.254 e. The maximum atomic E-state index is 13.3. The maximum absolute atomic E-state index is 13.3. The SMILES string of the molecule is O=C(NCCc1cn[nH]n1)c1ccc(F)cc1F. The highest BCUT2D eigenvalue weighted by Gasteiger charge is 2.11. The molecule has 0 radical (unpaired) electrons. The largest absolute Gasteiger partial charge is 0.352 e. The summed E-state index contributed by atoms with van der Waals surface area (Å²) in [5.74, 6) is -2.18. The molecule has 0 saturated carbocycles. The third-order valence-electron chi connectivity index (χ3n) is 2.31. The predicted molar refractivity (Wildman–Crippen MR) is 58.8 cm³/mol. The average molecular weight is 252 g/mol. The number of carbonyl (C=O) groups excluding carboxylic acids is 1. The van der Waals surface area contributed by atoms with E-state index >= 15 is 0 Å². The monoisotopic (exact) mass is 252 g/mol. The Morgan fingerprint density at radius 2 is 2.22 bits per heavy atom. The molecule has 0 unspecified atom stereocenters. The van der Waals surface area contributed by atoms with Gasteiger partial charge in [0.15, 0.2) is 0 Å². The van der Waals surface area contributed by atoms with E-state index in [2.05, 4.69) is 20.7 Å². The highest BCUT2D eigenvalue weighted by atomic mass is 19.1. The first kappa shape index (κ1) is 12.2. The molecule has 2 aromatic rings. The van der Waals surface area contributed by atoms with E-state index in [-0.39, 0.29) is 5.56 Å². The van der Waals surface area contributed by atoms with Gasteiger partial charge in [-0.2, -0.15) is 15.4 Å². The molecule has 0 spiro atoms. The van der Waals surface area contributed by atoms with Crippen LogP contribution in [0.2, 0.25) is 0 Å². The molecule has 1 amide bonds. The number of aromatic amines is 1. The Hall–Kier alpha value is -2.31. The first-order valence-electron chi connectivity index (χ1n) is 5.24. The smallest absolute Gasteiger partial charge is 0.254 e. The van der Waals surface area contributed by atoms with Crippen LogP contribution in [0.25, 0.3) is 0 Å². The fourth-order valence-corrected chi connectivity index (χ4v) is 1.42. The van der Waals surface area contributed by atoms with Crippen molar-refractivity contribution >= 4 is 5.91 Å². The summed E-state index contributed by atoms with van der Waals surface area (Å²) in [6.45, 7) is 0.294. The lowest BCUT2D eigenvalue weighted by Gasteiger charge is -2.04. The Morgan fingerprint density at radius 3 is 2.89 bits per heavy atom. The number of carbonyl (C=O) groups is 1. The van der Waals surface area contributed by atoms with Crippen LogP contribution in [-0.2, 0) is 6.42 Å². The molecule has 0 aliphatic carbocycles. The fraction of sp³-hybridized carbons (Fsp3) is 0.182. The zero-order chi connectivity index (χ0) is 13.0. The quantitative estimate of drug-likeness (QED) is 0.854. The van der Waals surface area contributed by atoms with Crippen molar-refractivity contribution < 1.29 is 13.6 Å². The van der Waals surface area contributed by atoms with E-state index in [0.717, 1.165) is 12.1 Å². The molecule has 2 rings (SSSR count). The molecule has 2 N–H and O–H groups in total. The van der Waals surface area contributed by atoms with Gasteiger partial charge in [-0.3, -0.25) is 4.79 Å². The summed E-state index contributed by atoms with van der Waals surface area (Å²) < 4.78 is 25.9. The van der Waals surface area contributed by atoms with Crippen LogP contribution < -0.4 is 5.32 Å². The molecule has 94 valence electrons. The van der Waals surface area contributed by atoms with Crippen molar-refractivity contribution in [2.24, 2.45) is 0 Å². The van der Waals surface area contributed by atoms with Crippen molar-refractivity contribution in [3.05, 3.63) is 47.3 Å². The van der Waals surface area contributed by atoms with Crippen LogP contribution in [0.3, 0.4) is 0 Å². The van der Waals surface area contributed by atoms with Crippen LogP contribution in [0.5, 0.6) is 0 Å². The molecule has 1 aromatic carbocycles. The second-order valence-electron chi connectivity index (χ2n) is 3.59. The number of H-pyrrole nitrogens is 1. The minimum Gasteiger partial charge on any atom is -0.352 e. The van der Waals surface area contributed by atoms with Crippen molar-refractivity contribution in [1.82, 2.24) is 20.7 Å². The van der Waals surface area contributed by atoms with E-state index in [1.807, 2.05) is 0 Å². The molecule has 5 nitrogen and oxygen atoms in total. The van der Waals surface area contributed by atoms with Gasteiger partial charge in [0.05, 0.1) is 17.5 Å². The van der Waals surface area contributed by atoms with Crippen molar-refractivity contribution in [2.45, 2.75) is 6.42 Å². The number of hydrogen-bond donors (Lipinski definition) is 2. The molecule has 1 aromatic heterocycles. The van der Waals surface area contributed by atoms with Crippen molar-refractivity contribution in [3.8, 4) is 0 Å². The Bertz CT molecular complexity index is 542. The highest BCUT2D eigenvalue weighted by Crippen LogP contribution is 2.09. The van der Waals surface area contributed by atoms with Crippen LogP contribution in [0.15, 0.2) is 24.4 Å². The van der Waals surface area contributed by atoms with Crippen molar-refractivity contribution in [3.63, 3.8) is 0 Å². The standard InChI is InChI=1S/C11H10F2N4O/c12-7-1-2-9(10(13)5-7)11(18)14-4-3-8-6-15-17-16-8/h1-2,5-6H,3-4H2,(H,14,18)(H,15,16,17). The highest BCUT2D eigenvalue weighted by molar-refractivity contribution is 5.94. The number of rotatable bonds is 4. The van der Waals surface area contributed by atoms with Crippen LogP contribution in [0, 0.1) is 11.6 Å². The number of amides is 1. The van der Waals surface area contributed by atoms with Crippen LogP contribution in [0.1, 0.15) is 16.1 Å². The average Bonchev–Trinajstić information content (AvgIpc) is 2.81. The minimum absolute atomic E-state index is 0.184. The summed E-state index contributed by atoms with van der Waals surface area (Å²) in [6.07, 6.45) is 2.01. The Kier molecular flexibility index (Phi) is 3.61. The van der Waals surface area contributed by atoms with Gasteiger partial charge in [0.2, 0.25) is 0 Å². The second kappa shape index (κ2) is 5.35. The Balaban J connectivity index is 1.91. The molecule has 0 bridgehead atoms. The lowest BCUT2D eigenvalue weighted by Crippen LogP contribution is -2.26. The van der Waals surface area contributed by atoms with E-state index in [9.17, 15) is 13.6 Å². The summed E-state index contributed by atoms with van der Waals surface area (Å²) in [4.78, 5) is 11.6. The first-order valence-corrected chi connectivity index (χ1v) is 5.24. The van der Waals surface area contributed by atoms with Gasteiger partial charge >= 0.3 is 0 Å². The molecule has 1 heterocycles. The topological polar surface area (TPSA) is 70.7 Å². The lowest BCUT2D eigenvalue weighted by atomic mass is 10.2. The zero-order valence-electron chi connectivity index (χ0n) is 9.28. The van der Waals surface area contributed by atoms with Crippen LogP contribution >= 0.6 is 0 Å². The second-order valence-corrected chi connectivity index (χ2v) is 3.59. The summed E-state index contributed by atoms with van der Waals surface area (Å²) in [7, 11) is 0. The third kappa shape index (κ3) is 2.88. The van der Waals surface area contributed by atoms with Crippen LogP contribution in [-0.4, -0.2) is 27.9 Å². The van der Waals surface area contributed by atoms with Gasteiger partial charge < -0.3 is 5.32 Å². The van der Waals surface area contributed by atoms with Crippen LogP contribution in [0.4, 0.5) is 8.78 Å². The number of aromatic nitrogens is 3. The number of hydrogen-bond acceptors (Lipinski definition) is 3. The molecule has 0 aliphatic heterocycles. The van der Waals surface area contributed by atoms with E-state index in [4.69, 9.17) is 0 Å². The summed E-state index contributed by atoms with van der Waals surface area (Å²) in [5, 5.41) is 12.4. The molecule has 0 saturated heterocycles. The van der Waals surface area contributed by atoms with Gasteiger partial charge in [0, 0.05) is 19.0 Å². The van der Waals surface area contributed by atoms with Crippen molar-refractivity contribution in [1.29, 1.82) is 0 Å². The van der Waals surface area contributed by atoms with Gasteiger partial charge in [-0.25, -0.2) is 8.78 Å². The number of nitrogens with zero attached hydrogens (tertiary/aromatic N) is 2. The van der Waals surface area contributed by atoms with Gasteiger partial charge in [-0.15, -0.1) is 0 Å². The molecule has 7 heteroatoms. The molecular weight excluding hydrogens is 242 g/mol. The Labute approximate surface area is 101 Å². The zero-order valence-corrected chi connectivity index (χ0v) is 9.28. The summed E-state index contributed by atoms with van der Waals surface area (Å²) >= 11 is 0. The minimum atomic E-state index is -0.881. The van der Waals surface area contributed by atoms with Gasteiger partial charge in [0.25, 0.3) is 5.91 Å². The molecule has 0 fully saturated rings. The fourth-order valence-electron chi connectivity index (χ4n) is 1.42. The molecular formula is C11H10F2N4O. The summed E-state index contributed by atoms with van der Waals surface area (Å²) in [5.41, 5.74) is 0.506. The summed E-state index contributed by atoms with van der Waals surface area (Å²) in [6, 6.07) is 2.82. The predicted octanol–water partition coefficient (Wildman–Crippen LogP) is 1.06. The molecule has 18 heavy (non-hydrogen) atoms. The van der Waals surface area contributed by atoms with Gasteiger partial charge in [0.1, 0.15) is 11.6 Å². The Morgan fingerprint density at radius 1 is 1.39 bits per heavy atom. The number of halogens is 2. The van der Waals surface area contributed by atoms with E-state index in [1.165, 1.54) is 6.20 Å². The first-order chi connectivity index (χ1) is 8.66. The molecule has 0 aliphatic rings. The molecule has 0 atom stereocenters. The normalized spacial score (nSPS) is 10.3. The van der Waals surface area contributed by atoms with E-state index < -0.39 is 17.5 Å². The number of benzene rings is 1. The van der Waals surface area contributed by atoms with Crippen molar-refractivity contribution in [2.75, 3.05) is 6.54 Å². The van der Waals surface area contributed by atoms with E-state index in [0.29, 0.717) is 24.7 Å². The van der Waals surface area contributed by atoms with Gasteiger partial charge in [-0.05, 0) is 12.1 Å². The number of nitrogens with one attached hydrogen (secondary N) is 2.